The number of halogens is 2. The molecule has 2 bridgehead atoms. The van der Waals surface area contributed by atoms with Crippen LogP contribution >= 0.6 is 31.8 Å². The Morgan fingerprint density at radius 2 is 1.38 bits per heavy atom. The summed E-state index contributed by atoms with van der Waals surface area (Å²) in [5, 5.41) is 4.79. The number of carbonyl (C=O) groups is 3. The minimum Gasteiger partial charge on any atom is -0.425 e. The monoisotopic (exact) mass is 770 g/mol. The van der Waals surface area contributed by atoms with E-state index in [0.717, 1.165) is 33.0 Å². The van der Waals surface area contributed by atoms with Crippen LogP contribution in [0.15, 0.2) is 24.5 Å². The number of amides is 3. The van der Waals surface area contributed by atoms with Crippen LogP contribution in [0.2, 0.25) is 0 Å². The summed E-state index contributed by atoms with van der Waals surface area (Å²) < 4.78 is 11.3. The molecule has 3 aliphatic carbocycles. The Labute approximate surface area is 311 Å². The molecule has 5 N–H and O–H groups in total. The van der Waals surface area contributed by atoms with Crippen molar-refractivity contribution in [1.82, 2.24) is 20.2 Å². The molecule has 2 aliphatic heterocycles. The fourth-order valence-corrected chi connectivity index (χ4v) is 10.1. The second kappa shape index (κ2) is 12.8. The Morgan fingerprint density at radius 1 is 0.904 bits per heavy atom. The second-order valence-corrected chi connectivity index (χ2v) is 16.2. The van der Waals surface area contributed by atoms with Crippen LogP contribution in [-0.2, 0) is 9.59 Å². The number of carbonyl (C=O) groups excluding carboxylic acids is 3. The van der Waals surface area contributed by atoms with E-state index in [1.807, 2.05) is 33.3 Å². The van der Waals surface area contributed by atoms with Crippen molar-refractivity contribution >= 4 is 82.9 Å². The molecule has 2 aromatic carbocycles. The number of likely N-dealkylation sites (N-methyl/N-ethyl adjacent to an activating group) is 2. The SMILES string of the molecule is CNCCN(C)C(=O)Oc1cc2c(c3c(C)c[nH]c13)[C@H](CCl)CN2C(=O)C12CC(C(=O)N3C[C@@H](CCl)c4c3cc(OP(O)O)c3[nH]cc(C)c43)(C1)C2. The lowest BCUT2D eigenvalue weighted by molar-refractivity contribution is -0.204. The zero-order valence-corrected chi connectivity index (χ0v) is 31.7. The topological polar surface area (TPSA) is 163 Å². The molecule has 3 fully saturated rings. The summed E-state index contributed by atoms with van der Waals surface area (Å²) in [4.78, 5) is 73.0. The van der Waals surface area contributed by atoms with Crippen LogP contribution in [0.1, 0.15) is 53.4 Å². The van der Waals surface area contributed by atoms with Crippen LogP contribution in [0.3, 0.4) is 0 Å². The minimum absolute atomic E-state index is 0.0490. The van der Waals surface area contributed by atoms with Crippen molar-refractivity contribution in [2.24, 2.45) is 10.8 Å². The van der Waals surface area contributed by atoms with Gasteiger partial charge in [-0.25, -0.2) is 4.79 Å². The first kappa shape index (κ1) is 35.4. The first-order valence-corrected chi connectivity index (χ1v) is 19.6. The predicted octanol–water partition coefficient (Wildman–Crippen LogP) is 5.71. The smallest absolute Gasteiger partial charge is 0.415 e. The second-order valence-electron chi connectivity index (χ2n) is 14.9. The number of alkyl halides is 2. The third kappa shape index (κ3) is 5.15. The summed E-state index contributed by atoms with van der Waals surface area (Å²) in [7, 11) is 0.798. The molecule has 3 amide bonds. The summed E-state index contributed by atoms with van der Waals surface area (Å²) >= 11 is 13.0. The minimum atomic E-state index is -2.69. The maximum Gasteiger partial charge on any atom is 0.415 e. The van der Waals surface area contributed by atoms with Crippen LogP contribution < -0.4 is 24.4 Å². The van der Waals surface area contributed by atoms with Gasteiger partial charge in [-0.15, -0.1) is 23.2 Å². The Hall–Kier alpha value is -3.58. The maximum absolute atomic E-state index is 14.6. The molecule has 0 spiro atoms. The average Bonchev–Trinajstić information content (AvgIpc) is 3.84. The van der Waals surface area contributed by atoms with Gasteiger partial charge in [0.1, 0.15) is 0 Å². The van der Waals surface area contributed by atoms with Gasteiger partial charge >= 0.3 is 14.7 Å². The number of aromatic amines is 2. The number of rotatable bonds is 10. The molecule has 9 rings (SSSR count). The highest BCUT2D eigenvalue weighted by atomic mass is 35.5. The Balaban J connectivity index is 1.07. The summed E-state index contributed by atoms with van der Waals surface area (Å²) in [5.74, 6) is 0.826. The van der Waals surface area contributed by atoms with Gasteiger partial charge in [0.2, 0.25) is 11.8 Å². The van der Waals surface area contributed by atoms with Gasteiger partial charge in [0, 0.05) is 92.1 Å². The lowest BCUT2D eigenvalue weighted by Gasteiger charge is -2.69. The van der Waals surface area contributed by atoms with E-state index in [-0.39, 0.29) is 29.4 Å². The number of aromatic nitrogens is 2. The molecule has 52 heavy (non-hydrogen) atoms. The zero-order valence-electron chi connectivity index (χ0n) is 29.3. The van der Waals surface area contributed by atoms with Gasteiger partial charge in [-0.1, -0.05) is 0 Å². The van der Waals surface area contributed by atoms with E-state index in [4.69, 9.17) is 32.5 Å². The molecule has 2 aromatic heterocycles. The molecule has 276 valence electrons. The third-order valence-corrected chi connectivity index (χ3v) is 12.8. The molecule has 13 nitrogen and oxygen atoms in total. The summed E-state index contributed by atoms with van der Waals surface area (Å²) in [6, 6.07) is 3.46. The van der Waals surface area contributed by atoms with Gasteiger partial charge in [-0.05, 0) is 62.4 Å². The first-order valence-electron chi connectivity index (χ1n) is 17.4. The number of anilines is 2. The maximum atomic E-state index is 14.6. The van der Waals surface area contributed by atoms with Crippen molar-refractivity contribution in [2.75, 3.05) is 61.8 Å². The van der Waals surface area contributed by atoms with Crippen LogP contribution in [-0.4, -0.2) is 94.6 Å². The summed E-state index contributed by atoms with van der Waals surface area (Å²) in [6.45, 7) is 5.76. The number of hydrogen-bond donors (Lipinski definition) is 5. The molecule has 4 aromatic rings. The molecule has 3 saturated carbocycles. The highest BCUT2D eigenvalue weighted by Crippen LogP contribution is 2.75. The standard InChI is InChI=1S/C36H41Cl2N6O7P/c1-18-11-40-30-24(50-34(47)42(4)6-5-39-3)7-22-28(26(18)30)20(9-37)13-43(22)32(45)35-15-36(16-35,17-35)33(46)44-14-21(10-38)29-23(44)8-25(51-52(48)49)31-27(29)19(2)12-41-31/h7-8,11-12,20-21,39-41,48-49H,5-6,9-10,13-17H2,1-4H3/t20-,21-,35?,36?/m1/s1. The highest BCUT2D eigenvalue weighted by molar-refractivity contribution is 7.39. The molecule has 0 unspecified atom stereocenters. The van der Waals surface area contributed by atoms with Crippen molar-refractivity contribution < 1.29 is 33.4 Å². The third-order valence-electron chi connectivity index (χ3n) is 11.7. The van der Waals surface area contributed by atoms with Gasteiger partial charge in [-0.2, -0.15) is 0 Å². The number of fused-ring (bicyclic) bond motifs is 6. The Bertz CT molecular complexity index is 2130. The molecular formula is C36H41Cl2N6O7P. The van der Waals surface area contributed by atoms with Crippen molar-refractivity contribution in [2.45, 2.75) is 44.9 Å². The number of hydrogen-bond acceptors (Lipinski definition) is 8. The van der Waals surface area contributed by atoms with Gasteiger partial charge in [-0.3, -0.25) is 9.59 Å². The van der Waals surface area contributed by atoms with Gasteiger partial charge in [0.25, 0.3) is 0 Å². The van der Waals surface area contributed by atoms with Crippen molar-refractivity contribution in [3.8, 4) is 11.5 Å². The largest absolute Gasteiger partial charge is 0.425 e. The number of benzene rings is 2. The number of nitrogens with one attached hydrogen (secondary N) is 3. The summed E-state index contributed by atoms with van der Waals surface area (Å²) in [6.07, 6.45) is 4.45. The first-order chi connectivity index (χ1) is 24.9. The predicted molar refractivity (Wildman–Crippen MR) is 201 cm³/mol. The molecule has 16 heteroatoms. The van der Waals surface area contributed by atoms with Gasteiger partial charge in [0.05, 0.1) is 33.2 Å². The van der Waals surface area contributed by atoms with Crippen LogP contribution in [0.4, 0.5) is 16.2 Å². The van der Waals surface area contributed by atoms with Crippen molar-refractivity contribution in [3.63, 3.8) is 0 Å². The van der Waals surface area contributed by atoms with E-state index in [0.29, 0.717) is 85.4 Å². The lowest BCUT2D eigenvalue weighted by Crippen LogP contribution is -2.73. The Kier molecular flexibility index (Phi) is 8.71. The normalized spacial score (nSPS) is 24.2. The van der Waals surface area contributed by atoms with Crippen LogP contribution in [0, 0.1) is 24.7 Å². The molecule has 0 saturated heterocycles. The van der Waals surface area contributed by atoms with E-state index < -0.39 is 25.5 Å². The zero-order chi connectivity index (χ0) is 36.9. The average molecular weight is 772 g/mol. The van der Waals surface area contributed by atoms with E-state index in [2.05, 4.69) is 15.3 Å². The van der Waals surface area contributed by atoms with Crippen molar-refractivity contribution in [1.29, 1.82) is 0 Å². The number of nitrogens with zero attached hydrogens (tertiary/aromatic N) is 3. The van der Waals surface area contributed by atoms with Crippen molar-refractivity contribution in [3.05, 3.63) is 46.8 Å². The fraction of sp³-hybridized carbons (Fsp3) is 0.472. The Morgan fingerprint density at radius 3 is 1.85 bits per heavy atom. The molecule has 4 heterocycles. The lowest BCUT2D eigenvalue weighted by atomic mass is 9.34. The van der Waals surface area contributed by atoms with Crippen LogP contribution in [0.25, 0.3) is 21.8 Å². The van der Waals surface area contributed by atoms with Gasteiger partial charge in [0.15, 0.2) is 11.5 Å². The molecule has 0 radical (unpaired) electrons. The quantitative estimate of drug-likeness (QED) is 0.101. The van der Waals surface area contributed by atoms with Crippen LogP contribution in [0.5, 0.6) is 11.5 Å². The van der Waals surface area contributed by atoms with Gasteiger partial charge < -0.3 is 49.0 Å². The molecule has 2 atom stereocenters. The number of H-pyrrole nitrogens is 2. The summed E-state index contributed by atoms with van der Waals surface area (Å²) in [5.41, 5.74) is 5.04. The molecule has 5 aliphatic rings. The molecular weight excluding hydrogens is 730 g/mol. The number of ether oxygens (including phenoxy) is 1. The van der Waals surface area contributed by atoms with E-state index in [1.54, 1.807) is 29.0 Å². The van der Waals surface area contributed by atoms with E-state index >= 15 is 0 Å². The van der Waals surface area contributed by atoms with E-state index in [1.165, 1.54) is 4.90 Å². The fourth-order valence-electron chi connectivity index (χ4n) is 9.26. The number of aryl methyl sites for hydroxylation is 2. The van der Waals surface area contributed by atoms with E-state index in [9.17, 15) is 24.2 Å². The highest BCUT2D eigenvalue weighted by Gasteiger charge is 2.76.